The van der Waals surface area contributed by atoms with Gasteiger partial charge in [0.1, 0.15) is 5.69 Å². The second-order valence-corrected chi connectivity index (χ2v) is 4.50. The fourth-order valence-electron chi connectivity index (χ4n) is 1.95. The van der Waals surface area contributed by atoms with Crippen LogP contribution >= 0.6 is 0 Å². The summed E-state index contributed by atoms with van der Waals surface area (Å²) in [5.74, 6) is -0.110. The monoisotopic (exact) mass is 252 g/mol. The van der Waals surface area contributed by atoms with Crippen LogP contribution in [0.3, 0.4) is 0 Å². The zero-order valence-electron chi connectivity index (χ0n) is 10.7. The third-order valence-electron chi connectivity index (χ3n) is 2.98. The summed E-state index contributed by atoms with van der Waals surface area (Å²) in [6.45, 7) is 7.18. The van der Waals surface area contributed by atoms with E-state index in [9.17, 15) is 4.79 Å². The summed E-state index contributed by atoms with van der Waals surface area (Å²) >= 11 is 0. The normalized spacial score (nSPS) is 16.7. The molecule has 0 aromatic carbocycles. The number of ether oxygens (including phenoxy) is 1. The van der Waals surface area contributed by atoms with E-state index in [1.807, 2.05) is 6.92 Å². The van der Waals surface area contributed by atoms with E-state index >= 15 is 0 Å². The Labute approximate surface area is 107 Å². The van der Waals surface area contributed by atoms with Gasteiger partial charge in [0.25, 0.3) is 5.91 Å². The maximum absolute atomic E-state index is 11.7. The van der Waals surface area contributed by atoms with Crippen molar-refractivity contribution in [1.29, 1.82) is 0 Å². The highest BCUT2D eigenvalue weighted by Gasteiger charge is 2.11. The van der Waals surface area contributed by atoms with Crippen molar-refractivity contribution in [3.05, 3.63) is 17.5 Å². The fourth-order valence-corrected chi connectivity index (χ4v) is 1.95. The van der Waals surface area contributed by atoms with Crippen LogP contribution in [0.4, 0.5) is 0 Å². The van der Waals surface area contributed by atoms with Crippen molar-refractivity contribution < 1.29 is 9.53 Å². The Morgan fingerprint density at radius 1 is 1.56 bits per heavy atom. The number of carbonyl (C=O) groups is 1. The number of aromatic amines is 1. The molecule has 0 spiro atoms. The third kappa shape index (κ3) is 3.82. The zero-order valence-corrected chi connectivity index (χ0v) is 10.7. The van der Waals surface area contributed by atoms with Crippen LogP contribution in [0.15, 0.2) is 6.07 Å². The first kappa shape index (κ1) is 13.0. The van der Waals surface area contributed by atoms with Crippen molar-refractivity contribution in [2.45, 2.75) is 13.3 Å². The van der Waals surface area contributed by atoms with Crippen LogP contribution < -0.4 is 5.32 Å². The van der Waals surface area contributed by atoms with Crippen LogP contribution in [0.5, 0.6) is 0 Å². The maximum atomic E-state index is 11.7. The number of H-pyrrole nitrogens is 1. The molecule has 0 saturated carbocycles. The number of nitrogens with one attached hydrogen (secondary N) is 2. The third-order valence-corrected chi connectivity index (χ3v) is 2.98. The van der Waals surface area contributed by atoms with Crippen LogP contribution in [-0.4, -0.2) is 60.4 Å². The lowest BCUT2D eigenvalue weighted by Crippen LogP contribution is -2.38. The lowest BCUT2D eigenvalue weighted by molar-refractivity contribution is 0.0374. The minimum absolute atomic E-state index is 0.110. The average Bonchev–Trinajstić information content (AvgIpc) is 2.82. The number of nitrogens with zero attached hydrogens (tertiary/aromatic N) is 2. The molecule has 18 heavy (non-hydrogen) atoms. The van der Waals surface area contributed by atoms with E-state index in [1.165, 1.54) is 0 Å². The Morgan fingerprint density at radius 2 is 2.33 bits per heavy atom. The molecule has 1 saturated heterocycles. The van der Waals surface area contributed by atoms with Gasteiger partial charge in [-0.25, -0.2) is 0 Å². The number of hydrogen-bond acceptors (Lipinski definition) is 4. The van der Waals surface area contributed by atoms with E-state index in [0.29, 0.717) is 12.2 Å². The van der Waals surface area contributed by atoms with Gasteiger partial charge in [0.05, 0.1) is 13.2 Å². The van der Waals surface area contributed by atoms with Crippen LogP contribution in [0.1, 0.15) is 22.6 Å². The summed E-state index contributed by atoms with van der Waals surface area (Å²) in [4.78, 5) is 14.0. The van der Waals surface area contributed by atoms with E-state index in [-0.39, 0.29) is 5.91 Å². The Kier molecular flexibility index (Phi) is 4.72. The first-order valence-corrected chi connectivity index (χ1v) is 6.36. The fraction of sp³-hybridized carbons (Fsp3) is 0.667. The number of aromatic nitrogens is 2. The molecule has 0 atom stereocenters. The van der Waals surface area contributed by atoms with Gasteiger partial charge in [0.2, 0.25) is 0 Å². The van der Waals surface area contributed by atoms with Gasteiger partial charge in [-0.15, -0.1) is 0 Å². The van der Waals surface area contributed by atoms with Crippen molar-refractivity contribution in [3.63, 3.8) is 0 Å². The highest BCUT2D eigenvalue weighted by molar-refractivity contribution is 5.92. The average molecular weight is 252 g/mol. The first-order valence-electron chi connectivity index (χ1n) is 6.36. The minimum Gasteiger partial charge on any atom is -0.379 e. The van der Waals surface area contributed by atoms with Crippen molar-refractivity contribution in [3.8, 4) is 0 Å². The van der Waals surface area contributed by atoms with Gasteiger partial charge in [-0.3, -0.25) is 14.8 Å². The topological polar surface area (TPSA) is 70.2 Å². The molecule has 6 nitrogen and oxygen atoms in total. The quantitative estimate of drug-likeness (QED) is 0.733. The molecule has 2 rings (SSSR count). The summed E-state index contributed by atoms with van der Waals surface area (Å²) in [7, 11) is 0. The second-order valence-electron chi connectivity index (χ2n) is 4.50. The number of hydrogen-bond donors (Lipinski definition) is 2. The van der Waals surface area contributed by atoms with Gasteiger partial charge in [-0.1, -0.05) is 0 Å². The smallest absolute Gasteiger partial charge is 0.271 e. The lowest BCUT2D eigenvalue weighted by Gasteiger charge is -2.26. The molecule has 1 aliphatic rings. The summed E-state index contributed by atoms with van der Waals surface area (Å²) in [6, 6.07) is 1.75. The van der Waals surface area contributed by atoms with Gasteiger partial charge in [-0.05, 0) is 26.0 Å². The number of rotatable bonds is 5. The molecule has 1 aromatic heterocycles. The van der Waals surface area contributed by atoms with Gasteiger partial charge in [-0.2, -0.15) is 5.10 Å². The van der Waals surface area contributed by atoms with E-state index in [1.54, 1.807) is 6.07 Å². The molecule has 0 aliphatic carbocycles. The van der Waals surface area contributed by atoms with Gasteiger partial charge in [0.15, 0.2) is 0 Å². The molecule has 1 aliphatic heterocycles. The largest absolute Gasteiger partial charge is 0.379 e. The van der Waals surface area contributed by atoms with Crippen LogP contribution in [-0.2, 0) is 4.74 Å². The maximum Gasteiger partial charge on any atom is 0.271 e. The predicted octanol–water partition coefficient (Wildman–Crippen LogP) is 0.170. The Bertz CT molecular complexity index is 385. The highest BCUT2D eigenvalue weighted by Crippen LogP contribution is 1.99. The van der Waals surface area contributed by atoms with Gasteiger partial charge in [0, 0.05) is 25.3 Å². The predicted molar refractivity (Wildman–Crippen MR) is 67.5 cm³/mol. The molecule has 1 aromatic rings. The Hall–Kier alpha value is -1.40. The second kappa shape index (κ2) is 6.51. The number of carbonyl (C=O) groups excluding carboxylic acids is 1. The molecule has 1 amide bonds. The van der Waals surface area contributed by atoms with Crippen molar-refractivity contribution in [2.75, 3.05) is 39.4 Å². The highest BCUT2D eigenvalue weighted by atomic mass is 16.5. The van der Waals surface area contributed by atoms with Crippen molar-refractivity contribution in [2.24, 2.45) is 0 Å². The zero-order chi connectivity index (χ0) is 12.8. The Balaban J connectivity index is 1.61. The van der Waals surface area contributed by atoms with Crippen molar-refractivity contribution in [1.82, 2.24) is 20.4 Å². The minimum atomic E-state index is -0.110. The molecule has 2 N–H and O–H groups in total. The van der Waals surface area contributed by atoms with Crippen LogP contribution in [0.2, 0.25) is 0 Å². The summed E-state index contributed by atoms with van der Waals surface area (Å²) < 4.78 is 5.28. The summed E-state index contributed by atoms with van der Waals surface area (Å²) in [6.07, 6.45) is 0.954. The molecule has 0 unspecified atom stereocenters. The van der Waals surface area contributed by atoms with Crippen LogP contribution in [0, 0.1) is 6.92 Å². The van der Waals surface area contributed by atoms with E-state index < -0.39 is 0 Å². The lowest BCUT2D eigenvalue weighted by atomic mass is 10.3. The van der Waals surface area contributed by atoms with Gasteiger partial charge < -0.3 is 10.1 Å². The Morgan fingerprint density at radius 3 is 3.00 bits per heavy atom. The number of aryl methyl sites for hydroxylation is 1. The van der Waals surface area contributed by atoms with E-state index in [4.69, 9.17) is 4.74 Å². The molecular formula is C12H20N4O2. The standard InChI is InChI=1S/C12H20N4O2/c1-10-9-11(15-14-10)12(17)13-3-2-4-16-5-7-18-8-6-16/h9H,2-8H2,1H3,(H,13,17)(H,14,15). The summed E-state index contributed by atoms with van der Waals surface area (Å²) in [5.41, 5.74) is 1.35. The first-order chi connectivity index (χ1) is 8.75. The van der Waals surface area contributed by atoms with Crippen molar-refractivity contribution >= 4 is 5.91 Å². The summed E-state index contributed by atoms with van der Waals surface area (Å²) in [5, 5.41) is 9.55. The van der Waals surface area contributed by atoms with E-state index in [0.717, 1.165) is 45.0 Å². The molecule has 100 valence electrons. The molecule has 0 bridgehead atoms. The molecule has 0 radical (unpaired) electrons. The number of morpholine rings is 1. The van der Waals surface area contributed by atoms with Crippen LogP contribution in [0.25, 0.3) is 0 Å². The molecule has 1 fully saturated rings. The number of amides is 1. The molecule has 6 heteroatoms. The molecular weight excluding hydrogens is 232 g/mol. The SMILES string of the molecule is Cc1cc(C(=O)NCCCN2CCOCC2)n[nH]1. The molecule has 2 heterocycles. The van der Waals surface area contributed by atoms with E-state index in [2.05, 4.69) is 20.4 Å². The van der Waals surface area contributed by atoms with Gasteiger partial charge >= 0.3 is 0 Å².